The standard InChI is InChI=1S/C14H20N4O2/c15-11-3-1-2-10(8-11)14(20)17-12-4-6-18(7-5-12)9-13(16)19/h1-3,8,12H,4-7,9,15H2,(H2,16,19)(H,17,20). The van der Waals surface area contributed by atoms with E-state index in [9.17, 15) is 9.59 Å². The molecule has 0 spiro atoms. The van der Waals surface area contributed by atoms with Crippen LogP contribution >= 0.6 is 0 Å². The molecule has 0 unspecified atom stereocenters. The van der Waals surface area contributed by atoms with Crippen molar-refractivity contribution < 1.29 is 9.59 Å². The van der Waals surface area contributed by atoms with Crippen molar-refractivity contribution in [3.8, 4) is 0 Å². The molecule has 1 aliphatic heterocycles. The molecular weight excluding hydrogens is 256 g/mol. The lowest BCUT2D eigenvalue weighted by Crippen LogP contribution is -2.46. The van der Waals surface area contributed by atoms with Crippen molar-refractivity contribution in [2.75, 3.05) is 25.4 Å². The molecule has 1 aliphatic rings. The summed E-state index contributed by atoms with van der Waals surface area (Å²) in [5.41, 5.74) is 12.0. The Kier molecular flexibility index (Phi) is 4.57. The van der Waals surface area contributed by atoms with Gasteiger partial charge in [0.25, 0.3) is 5.91 Å². The summed E-state index contributed by atoms with van der Waals surface area (Å²) < 4.78 is 0. The quantitative estimate of drug-likeness (QED) is 0.671. The van der Waals surface area contributed by atoms with Crippen LogP contribution in [0.2, 0.25) is 0 Å². The first-order valence-electron chi connectivity index (χ1n) is 6.71. The van der Waals surface area contributed by atoms with Gasteiger partial charge in [-0.3, -0.25) is 14.5 Å². The van der Waals surface area contributed by atoms with Gasteiger partial charge in [-0.2, -0.15) is 0 Å². The molecule has 1 fully saturated rings. The molecule has 20 heavy (non-hydrogen) atoms. The lowest BCUT2D eigenvalue weighted by atomic mass is 10.0. The maximum absolute atomic E-state index is 12.1. The average Bonchev–Trinajstić information content (AvgIpc) is 2.40. The molecule has 1 aromatic rings. The zero-order valence-corrected chi connectivity index (χ0v) is 11.3. The van der Waals surface area contributed by atoms with E-state index in [4.69, 9.17) is 11.5 Å². The maximum atomic E-state index is 12.1. The smallest absolute Gasteiger partial charge is 0.251 e. The summed E-state index contributed by atoms with van der Waals surface area (Å²) in [7, 11) is 0. The van der Waals surface area contributed by atoms with Crippen LogP contribution in [0.15, 0.2) is 24.3 Å². The molecule has 0 bridgehead atoms. The number of carbonyl (C=O) groups is 2. The van der Waals surface area contributed by atoms with Crippen molar-refractivity contribution >= 4 is 17.5 Å². The van der Waals surface area contributed by atoms with Crippen LogP contribution in [0, 0.1) is 0 Å². The van der Waals surface area contributed by atoms with Gasteiger partial charge in [0.15, 0.2) is 0 Å². The number of nitrogens with two attached hydrogens (primary N) is 2. The van der Waals surface area contributed by atoms with Crippen LogP contribution in [0.4, 0.5) is 5.69 Å². The Labute approximate surface area is 118 Å². The van der Waals surface area contributed by atoms with E-state index in [2.05, 4.69) is 5.32 Å². The van der Waals surface area contributed by atoms with Gasteiger partial charge in [0.2, 0.25) is 5.91 Å². The Morgan fingerprint density at radius 1 is 1.30 bits per heavy atom. The number of primary amides is 1. The van der Waals surface area contributed by atoms with Crippen LogP contribution in [0.25, 0.3) is 0 Å². The Balaban J connectivity index is 1.83. The molecule has 1 heterocycles. The number of nitrogen functional groups attached to an aromatic ring is 1. The van der Waals surface area contributed by atoms with Crippen LogP contribution in [-0.4, -0.2) is 42.4 Å². The van der Waals surface area contributed by atoms with Gasteiger partial charge in [-0.05, 0) is 31.0 Å². The van der Waals surface area contributed by atoms with Gasteiger partial charge < -0.3 is 16.8 Å². The maximum Gasteiger partial charge on any atom is 0.251 e. The highest BCUT2D eigenvalue weighted by atomic mass is 16.2. The molecule has 6 nitrogen and oxygen atoms in total. The van der Waals surface area contributed by atoms with Gasteiger partial charge >= 0.3 is 0 Å². The summed E-state index contributed by atoms with van der Waals surface area (Å²) in [6, 6.07) is 7.05. The van der Waals surface area contributed by atoms with E-state index in [1.807, 2.05) is 4.90 Å². The second-order valence-corrected chi connectivity index (χ2v) is 5.12. The Hall–Kier alpha value is -2.08. The van der Waals surface area contributed by atoms with Gasteiger partial charge in [-0.25, -0.2) is 0 Å². The highest BCUT2D eigenvalue weighted by Crippen LogP contribution is 2.12. The van der Waals surface area contributed by atoms with Crippen LogP contribution in [0.1, 0.15) is 23.2 Å². The number of carbonyl (C=O) groups excluding carboxylic acids is 2. The van der Waals surface area contributed by atoms with Gasteiger partial charge in [0.05, 0.1) is 6.54 Å². The first-order valence-corrected chi connectivity index (χ1v) is 6.71. The molecule has 1 aromatic carbocycles. The van der Waals surface area contributed by atoms with Gasteiger partial charge in [-0.15, -0.1) is 0 Å². The molecule has 0 radical (unpaired) electrons. The first kappa shape index (κ1) is 14.3. The van der Waals surface area contributed by atoms with E-state index in [1.165, 1.54) is 0 Å². The molecule has 0 aliphatic carbocycles. The summed E-state index contributed by atoms with van der Waals surface area (Å²) in [6.45, 7) is 1.82. The molecule has 0 aromatic heterocycles. The predicted octanol–water partition coefficient (Wildman–Crippen LogP) is -0.0517. The van der Waals surface area contributed by atoms with Crippen LogP contribution in [0.5, 0.6) is 0 Å². The molecule has 0 saturated carbocycles. The van der Waals surface area contributed by atoms with E-state index < -0.39 is 0 Å². The fourth-order valence-electron chi connectivity index (χ4n) is 2.40. The summed E-state index contributed by atoms with van der Waals surface area (Å²) in [5.74, 6) is -0.419. The zero-order valence-electron chi connectivity index (χ0n) is 11.3. The topological polar surface area (TPSA) is 101 Å². The average molecular weight is 276 g/mol. The molecule has 5 N–H and O–H groups in total. The second-order valence-electron chi connectivity index (χ2n) is 5.12. The third kappa shape index (κ3) is 3.96. The lowest BCUT2D eigenvalue weighted by molar-refractivity contribution is -0.119. The summed E-state index contributed by atoms with van der Waals surface area (Å²) in [6.07, 6.45) is 1.64. The van der Waals surface area contributed by atoms with Crippen molar-refractivity contribution in [3.63, 3.8) is 0 Å². The van der Waals surface area contributed by atoms with Gasteiger partial charge in [0, 0.05) is 30.4 Å². The number of piperidine rings is 1. The van der Waals surface area contributed by atoms with E-state index in [-0.39, 0.29) is 24.4 Å². The van der Waals surface area contributed by atoms with Crippen molar-refractivity contribution in [2.45, 2.75) is 18.9 Å². The van der Waals surface area contributed by atoms with Crippen molar-refractivity contribution in [3.05, 3.63) is 29.8 Å². The van der Waals surface area contributed by atoms with Crippen LogP contribution in [0.3, 0.4) is 0 Å². The molecule has 6 heteroatoms. The largest absolute Gasteiger partial charge is 0.399 e. The molecule has 1 saturated heterocycles. The van der Waals surface area contributed by atoms with E-state index in [0.717, 1.165) is 25.9 Å². The van der Waals surface area contributed by atoms with Gasteiger partial charge in [-0.1, -0.05) is 6.07 Å². The number of likely N-dealkylation sites (tertiary alicyclic amines) is 1. The number of hydrogen-bond donors (Lipinski definition) is 3. The third-order valence-electron chi connectivity index (χ3n) is 3.45. The van der Waals surface area contributed by atoms with Crippen molar-refractivity contribution in [1.82, 2.24) is 10.2 Å². The third-order valence-corrected chi connectivity index (χ3v) is 3.45. The number of rotatable bonds is 4. The molecule has 2 amide bonds. The summed E-state index contributed by atoms with van der Waals surface area (Å²) >= 11 is 0. The van der Waals surface area contributed by atoms with Crippen molar-refractivity contribution in [2.24, 2.45) is 5.73 Å². The monoisotopic (exact) mass is 276 g/mol. The van der Waals surface area contributed by atoms with Crippen LogP contribution < -0.4 is 16.8 Å². The fraction of sp³-hybridized carbons (Fsp3) is 0.429. The Morgan fingerprint density at radius 3 is 2.60 bits per heavy atom. The minimum absolute atomic E-state index is 0.106. The lowest BCUT2D eigenvalue weighted by Gasteiger charge is -2.31. The fourth-order valence-corrected chi connectivity index (χ4v) is 2.40. The zero-order chi connectivity index (χ0) is 14.5. The number of anilines is 1. The molecule has 108 valence electrons. The highest BCUT2D eigenvalue weighted by Gasteiger charge is 2.21. The SMILES string of the molecule is NC(=O)CN1CCC(NC(=O)c2cccc(N)c2)CC1. The Bertz CT molecular complexity index is 496. The number of hydrogen-bond acceptors (Lipinski definition) is 4. The van der Waals surface area contributed by atoms with Crippen molar-refractivity contribution in [1.29, 1.82) is 0 Å². The van der Waals surface area contributed by atoms with Crippen LogP contribution in [-0.2, 0) is 4.79 Å². The van der Waals surface area contributed by atoms with E-state index in [0.29, 0.717) is 11.3 Å². The van der Waals surface area contributed by atoms with Gasteiger partial charge in [0.1, 0.15) is 0 Å². The number of nitrogens with one attached hydrogen (secondary N) is 1. The first-order chi connectivity index (χ1) is 9.54. The summed E-state index contributed by atoms with van der Waals surface area (Å²) in [5, 5.41) is 3.00. The van der Waals surface area contributed by atoms with E-state index in [1.54, 1.807) is 24.3 Å². The normalized spacial score (nSPS) is 16.8. The number of benzene rings is 1. The second kappa shape index (κ2) is 6.38. The minimum atomic E-state index is -0.313. The van der Waals surface area contributed by atoms with E-state index >= 15 is 0 Å². The molecule has 2 rings (SSSR count). The summed E-state index contributed by atoms with van der Waals surface area (Å²) in [4.78, 5) is 24.9. The minimum Gasteiger partial charge on any atom is -0.399 e. The highest BCUT2D eigenvalue weighted by molar-refractivity contribution is 5.95. The Morgan fingerprint density at radius 2 is 2.00 bits per heavy atom. The predicted molar refractivity (Wildman–Crippen MR) is 77.0 cm³/mol. The molecule has 0 atom stereocenters. The molecular formula is C14H20N4O2. The number of nitrogens with zero attached hydrogens (tertiary/aromatic N) is 1. The number of amides is 2.